The number of amides is 4. The Bertz CT molecular complexity index is 1430. The van der Waals surface area contributed by atoms with E-state index in [1.54, 1.807) is 14.0 Å². The van der Waals surface area contributed by atoms with Gasteiger partial charge in [-0.05, 0) is 55.6 Å². The van der Waals surface area contributed by atoms with Gasteiger partial charge in [0.15, 0.2) is 0 Å². The first-order valence-corrected chi connectivity index (χ1v) is 14.5. The van der Waals surface area contributed by atoms with E-state index in [1.165, 1.54) is 33.9 Å². The molecule has 14 nitrogen and oxygen atoms in total. The first-order valence-electron chi connectivity index (χ1n) is 14.5. The molecule has 4 amide bonds. The van der Waals surface area contributed by atoms with Gasteiger partial charge >= 0.3 is 0 Å². The minimum Gasteiger partial charge on any atom is -0.352 e. The van der Waals surface area contributed by atoms with Gasteiger partial charge in [-0.15, -0.1) is 5.10 Å². The summed E-state index contributed by atoms with van der Waals surface area (Å²) in [6, 6.07) is 1.59. The SMILES string of the molecule is CCNC(=O)C(=O)CC[C@H](NC(=O)c1ncn(C)n1)C(=O)Nc1cccn(CC(=O)N[C@@H]2CCC(C)(C)[C@H](C)[C@H]2C)c1=O.[HH].[HH].[HH].[HH]. The molecule has 14 heteroatoms. The molecule has 1 aliphatic carbocycles. The Balaban J connectivity index is 0. The summed E-state index contributed by atoms with van der Waals surface area (Å²) >= 11 is 0. The predicted octanol–water partition coefficient (Wildman–Crippen LogP) is 1.76. The van der Waals surface area contributed by atoms with Crippen molar-refractivity contribution >= 4 is 35.1 Å². The highest BCUT2D eigenvalue weighted by Gasteiger charge is 2.39. The lowest BCUT2D eigenvalue weighted by molar-refractivity contribution is -0.138. The van der Waals surface area contributed by atoms with Crippen LogP contribution in [0.25, 0.3) is 0 Å². The molecule has 2 aromatic rings. The van der Waals surface area contributed by atoms with Gasteiger partial charge in [-0.25, -0.2) is 4.98 Å². The summed E-state index contributed by atoms with van der Waals surface area (Å²) in [7, 11) is 1.57. The van der Waals surface area contributed by atoms with Gasteiger partial charge in [0.25, 0.3) is 17.4 Å². The van der Waals surface area contributed by atoms with E-state index in [0.29, 0.717) is 5.92 Å². The predicted molar refractivity (Wildman–Crippen MR) is 166 cm³/mol. The highest BCUT2D eigenvalue weighted by Crippen LogP contribution is 2.43. The highest BCUT2D eigenvalue weighted by atomic mass is 16.2. The van der Waals surface area contributed by atoms with Gasteiger partial charge < -0.3 is 25.8 Å². The Morgan fingerprint density at radius 1 is 1.19 bits per heavy atom. The zero-order valence-corrected chi connectivity index (χ0v) is 25.6. The van der Waals surface area contributed by atoms with Gasteiger partial charge in [0.05, 0.1) is 0 Å². The van der Waals surface area contributed by atoms with Crippen LogP contribution in [0.4, 0.5) is 5.69 Å². The molecule has 43 heavy (non-hydrogen) atoms. The molecular weight excluding hydrogens is 556 g/mol. The number of ketones is 1. The number of likely N-dealkylation sites (N-methyl/N-ethyl adjacent to an activating group) is 1. The number of anilines is 1. The van der Waals surface area contributed by atoms with Crippen molar-refractivity contribution < 1.29 is 29.7 Å². The van der Waals surface area contributed by atoms with Crippen molar-refractivity contribution in [2.45, 2.75) is 78.9 Å². The third kappa shape index (κ3) is 8.58. The van der Waals surface area contributed by atoms with E-state index in [4.69, 9.17) is 0 Å². The van der Waals surface area contributed by atoms with Crippen LogP contribution in [0, 0.1) is 17.3 Å². The van der Waals surface area contributed by atoms with Gasteiger partial charge in [-0.1, -0.05) is 27.7 Å². The number of nitrogens with one attached hydrogen (secondary N) is 4. The molecule has 0 bridgehead atoms. The second-order valence-corrected chi connectivity index (χ2v) is 11.8. The average Bonchev–Trinajstić information content (AvgIpc) is 3.39. The molecule has 0 aliphatic heterocycles. The van der Waals surface area contributed by atoms with Crippen LogP contribution in [-0.2, 0) is 32.8 Å². The Morgan fingerprint density at radius 2 is 1.91 bits per heavy atom. The number of carbonyl (C=O) groups is 5. The van der Waals surface area contributed by atoms with E-state index in [9.17, 15) is 28.8 Å². The van der Waals surface area contributed by atoms with Crippen LogP contribution in [0.5, 0.6) is 0 Å². The minimum absolute atomic E-state index is 0. The van der Waals surface area contributed by atoms with E-state index in [2.05, 4.69) is 59.0 Å². The van der Waals surface area contributed by atoms with Gasteiger partial charge in [0, 0.05) is 38.0 Å². The van der Waals surface area contributed by atoms with Crippen molar-refractivity contribution in [3.63, 3.8) is 0 Å². The monoisotopic (exact) mass is 606 g/mol. The van der Waals surface area contributed by atoms with Gasteiger partial charge in [0.2, 0.25) is 23.4 Å². The van der Waals surface area contributed by atoms with E-state index in [1.807, 2.05) is 0 Å². The molecule has 4 atom stereocenters. The zero-order valence-electron chi connectivity index (χ0n) is 25.6. The van der Waals surface area contributed by atoms with Crippen molar-refractivity contribution in [2.75, 3.05) is 11.9 Å². The van der Waals surface area contributed by atoms with Crippen LogP contribution in [0.15, 0.2) is 29.5 Å². The Hall–Kier alpha value is -4.36. The van der Waals surface area contributed by atoms with Crippen LogP contribution in [0.1, 0.15) is 76.6 Å². The maximum atomic E-state index is 13.2. The molecule has 0 spiro atoms. The third-order valence-electron chi connectivity index (χ3n) is 8.37. The number of pyridine rings is 1. The second kappa shape index (κ2) is 14.2. The lowest BCUT2D eigenvalue weighted by atomic mass is 9.63. The number of aryl methyl sites for hydroxylation is 1. The molecule has 0 radical (unpaired) electrons. The maximum Gasteiger partial charge on any atom is 0.291 e. The maximum absolute atomic E-state index is 13.2. The normalized spacial score (nSPS) is 20.0. The summed E-state index contributed by atoms with van der Waals surface area (Å²) in [6.07, 6.45) is 4.02. The molecule has 1 fully saturated rings. The van der Waals surface area contributed by atoms with E-state index < -0.39 is 35.1 Å². The summed E-state index contributed by atoms with van der Waals surface area (Å²) in [4.78, 5) is 80.0. The lowest BCUT2D eigenvalue weighted by Crippen LogP contribution is -2.49. The molecule has 1 aliphatic rings. The van der Waals surface area contributed by atoms with Gasteiger partial charge in [-0.2, -0.15) is 0 Å². The number of Topliss-reactive ketones (excluding diaryl/α,β-unsaturated/α-hetero) is 1. The Kier molecular flexibility index (Phi) is 11.0. The molecule has 242 valence electrons. The van der Waals surface area contributed by atoms with Gasteiger partial charge in [-0.3, -0.25) is 33.4 Å². The lowest BCUT2D eigenvalue weighted by Gasteiger charge is -2.45. The zero-order chi connectivity index (χ0) is 31.9. The summed E-state index contributed by atoms with van der Waals surface area (Å²) in [5.74, 6) is -2.97. The first kappa shape index (κ1) is 33.1. The van der Waals surface area contributed by atoms with Crippen LogP contribution >= 0.6 is 0 Å². The molecular formula is C29H50N8O6. The fraction of sp³-hybridized carbons (Fsp3) is 0.586. The molecule has 1 saturated carbocycles. The number of hydrogen-bond donors (Lipinski definition) is 4. The van der Waals surface area contributed by atoms with Crippen LogP contribution in [0.3, 0.4) is 0 Å². The Morgan fingerprint density at radius 3 is 2.56 bits per heavy atom. The average molecular weight is 607 g/mol. The standard InChI is InChI=1S/C29H42N8O6.4H2/c1-7-30-26(41)22(38)11-10-20(33-27(42)24-31-16-36(6)35-24)25(40)34-21-9-8-14-37(28(21)43)15-23(39)32-19-12-13-29(4,5)18(3)17(19)2;;;;/h8-9,14,16-20H,7,10-13,15H2,1-6H3,(H,30,41)(H,32,39)(H,33,42)(H,34,40);4*1H/t17-,18-,19-,20+;;;;/m1..../s1. The summed E-state index contributed by atoms with van der Waals surface area (Å²) in [5, 5.41) is 14.3. The topological polar surface area (TPSA) is 186 Å². The van der Waals surface area contributed by atoms with Crippen molar-refractivity contribution in [3.8, 4) is 0 Å². The third-order valence-corrected chi connectivity index (χ3v) is 8.37. The van der Waals surface area contributed by atoms with E-state index in [-0.39, 0.29) is 66.4 Å². The van der Waals surface area contributed by atoms with Crippen molar-refractivity contribution in [3.05, 3.63) is 40.8 Å². The number of carbonyl (C=O) groups excluding carboxylic acids is 5. The fourth-order valence-electron chi connectivity index (χ4n) is 5.25. The highest BCUT2D eigenvalue weighted by molar-refractivity contribution is 6.36. The fourth-order valence-corrected chi connectivity index (χ4v) is 5.25. The molecule has 3 rings (SSSR count). The molecule has 0 unspecified atom stereocenters. The van der Waals surface area contributed by atoms with E-state index in [0.717, 1.165) is 12.8 Å². The van der Waals surface area contributed by atoms with Crippen LogP contribution in [-0.4, -0.2) is 67.4 Å². The van der Waals surface area contributed by atoms with Crippen molar-refractivity contribution in [2.24, 2.45) is 24.3 Å². The molecule has 0 saturated heterocycles. The van der Waals surface area contributed by atoms with Crippen molar-refractivity contribution in [1.82, 2.24) is 35.3 Å². The first-order chi connectivity index (χ1) is 20.2. The van der Waals surface area contributed by atoms with Gasteiger partial charge in [0.1, 0.15) is 24.6 Å². The number of aromatic nitrogens is 4. The quantitative estimate of drug-likeness (QED) is 0.263. The number of hydrogen-bond acceptors (Lipinski definition) is 8. The second-order valence-electron chi connectivity index (χ2n) is 11.8. The summed E-state index contributed by atoms with van der Waals surface area (Å²) in [5.41, 5.74) is -0.552. The largest absolute Gasteiger partial charge is 0.352 e. The minimum atomic E-state index is -1.30. The smallest absolute Gasteiger partial charge is 0.291 e. The summed E-state index contributed by atoms with van der Waals surface area (Å²) < 4.78 is 2.50. The van der Waals surface area contributed by atoms with E-state index >= 15 is 0 Å². The molecule has 4 N–H and O–H groups in total. The molecule has 2 heterocycles. The number of rotatable bonds is 12. The Labute approximate surface area is 256 Å². The number of nitrogens with zero attached hydrogens (tertiary/aromatic N) is 4. The molecule has 0 aromatic carbocycles. The van der Waals surface area contributed by atoms with Crippen LogP contribution < -0.4 is 26.8 Å². The van der Waals surface area contributed by atoms with Crippen molar-refractivity contribution in [1.29, 1.82) is 0 Å². The summed E-state index contributed by atoms with van der Waals surface area (Å²) in [6.45, 7) is 10.5. The molecule has 2 aromatic heterocycles. The van der Waals surface area contributed by atoms with Crippen LogP contribution in [0.2, 0.25) is 0 Å².